The lowest BCUT2D eigenvalue weighted by atomic mass is 9.43. The fraction of sp³-hybridized carbons (Fsp3) is 0.963. The van der Waals surface area contributed by atoms with E-state index in [0.29, 0.717) is 23.7 Å². The summed E-state index contributed by atoms with van der Waals surface area (Å²) in [5, 5.41) is 0. The minimum Gasteiger partial charge on any atom is -0.296 e. The van der Waals surface area contributed by atoms with Gasteiger partial charge in [0.25, 0.3) is 0 Å². The Kier molecular flexibility index (Phi) is 5.93. The molecular weight excluding hydrogens is 378 g/mol. The number of carbonyl (C=O) groups is 1. The van der Waals surface area contributed by atoms with E-state index in [1.165, 1.54) is 32.1 Å². The standard InChI is InChI=1S/C27H44F2O/c1-17(2)7-6-8-18(3)20-9-10-21-19-11-16-27(29)24(28)23(30)13-15-26(27,5)22(19)12-14-25(20,21)4/h17-22,24H,6-16H2,1-5H3/t18-,19+,20-,21+,22+,24-,25-,26-,27-/m1/s1. The average molecular weight is 423 g/mol. The molecule has 0 heterocycles. The van der Waals surface area contributed by atoms with Crippen molar-refractivity contribution in [2.75, 3.05) is 0 Å². The Bertz CT molecular complexity index is 661. The third-order valence-electron chi connectivity index (χ3n) is 10.8. The zero-order chi connectivity index (χ0) is 21.9. The molecule has 4 saturated carbocycles. The molecule has 0 unspecified atom stereocenters. The maximum absolute atomic E-state index is 16.1. The quantitative estimate of drug-likeness (QED) is 0.443. The summed E-state index contributed by atoms with van der Waals surface area (Å²) in [5.41, 5.74) is -2.23. The number of Topliss-reactive ketones (excluding diaryl/α,β-unsaturated/α-hetero) is 1. The highest BCUT2D eigenvalue weighted by Gasteiger charge is 2.69. The molecule has 0 aliphatic heterocycles. The number of rotatable bonds is 5. The largest absolute Gasteiger partial charge is 0.296 e. The lowest BCUT2D eigenvalue weighted by molar-refractivity contribution is -0.196. The second kappa shape index (κ2) is 7.84. The molecule has 4 rings (SSSR count). The van der Waals surface area contributed by atoms with Crippen molar-refractivity contribution < 1.29 is 13.6 Å². The van der Waals surface area contributed by atoms with E-state index in [-0.39, 0.29) is 18.8 Å². The number of halogens is 2. The Morgan fingerprint density at radius 3 is 2.40 bits per heavy atom. The number of fused-ring (bicyclic) bond motifs is 5. The minimum absolute atomic E-state index is 0.226. The van der Waals surface area contributed by atoms with Gasteiger partial charge in [0.1, 0.15) is 0 Å². The molecule has 0 aromatic carbocycles. The molecule has 0 bridgehead atoms. The number of carbonyl (C=O) groups excluding carboxylic acids is 1. The highest BCUT2D eigenvalue weighted by atomic mass is 19.2. The van der Waals surface area contributed by atoms with Crippen molar-refractivity contribution in [3.63, 3.8) is 0 Å². The van der Waals surface area contributed by atoms with Gasteiger partial charge in [-0.2, -0.15) is 0 Å². The number of ketones is 1. The zero-order valence-electron chi connectivity index (χ0n) is 20.0. The predicted molar refractivity (Wildman–Crippen MR) is 119 cm³/mol. The van der Waals surface area contributed by atoms with Crippen molar-refractivity contribution in [1.29, 1.82) is 0 Å². The normalized spacial score (nSPS) is 49.5. The molecule has 0 N–H and O–H groups in total. The van der Waals surface area contributed by atoms with Crippen molar-refractivity contribution in [1.82, 2.24) is 0 Å². The molecule has 4 aliphatic rings. The first kappa shape index (κ1) is 22.7. The van der Waals surface area contributed by atoms with E-state index in [1.54, 1.807) is 0 Å². The molecule has 1 nitrogen and oxygen atoms in total. The molecule has 0 spiro atoms. The fourth-order valence-electron chi connectivity index (χ4n) is 9.05. The minimum atomic E-state index is -1.93. The molecule has 4 fully saturated rings. The van der Waals surface area contributed by atoms with Crippen molar-refractivity contribution >= 4 is 5.78 Å². The first-order valence-electron chi connectivity index (χ1n) is 12.9. The lowest BCUT2D eigenvalue weighted by Gasteiger charge is -2.62. The van der Waals surface area contributed by atoms with Gasteiger partial charge in [0.15, 0.2) is 17.6 Å². The second-order valence-electron chi connectivity index (χ2n) is 12.6. The molecule has 172 valence electrons. The third kappa shape index (κ3) is 3.22. The van der Waals surface area contributed by atoms with E-state index in [2.05, 4.69) is 27.7 Å². The summed E-state index contributed by atoms with van der Waals surface area (Å²) in [6.45, 7) is 11.6. The SMILES string of the molecule is CC(C)CCC[C@@H](C)[C@H]1CC[C@H]2[C@@H]3CC[C@@]4(F)[C@H](F)C(=O)CC[C@]4(C)[C@H]3CC[C@]12C. The van der Waals surface area contributed by atoms with Crippen molar-refractivity contribution in [3.8, 4) is 0 Å². The van der Waals surface area contributed by atoms with Crippen LogP contribution in [0, 0.1) is 46.3 Å². The van der Waals surface area contributed by atoms with Crippen LogP contribution >= 0.6 is 0 Å². The summed E-state index contributed by atoms with van der Waals surface area (Å²) in [5.74, 6) is 3.25. The summed E-state index contributed by atoms with van der Waals surface area (Å²) in [6.07, 6.45) is 8.64. The van der Waals surface area contributed by atoms with E-state index >= 15 is 4.39 Å². The van der Waals surface area contributed by atoms with Gasteiger partial charge >= 0.3 is 0 Å². The van der Waals surface area contributed by atoms with E-state index in [9.17, 15) is 9.18 Å². The maximum atomic E-state index is 16.1. The van der Waals surface area contributed by atoms with Gasteiger partial charge in [0, 0.05) is 11.8 Å². The molecule has 0 aromatic heterocycles. The van der Waals surface area contributed by atoms with E-state index in [1.807, 2.05) is 6.92 Å². The van der Waals surface area contributed by atoms with Crippen LogP contribution in [0.1, 0.15) is 105 Å². The van der Waals surface area contributed by atoms with Gasteiger partial charge < -0.3 is 0 Å². The molecular formula is C27H44F2O. The van der Waals surface area contributed by atoms with Gasteiger partial charge in [-0.15, -0.1) is 0 Å². The Labute approximate surface area is 183 Å². The monoisotopic (exact) mass is 422 g/mol. The van der Waals surface area contributed by atoms with Crippen LogP contribution in [0.25, 0.3) is 0 Å². The summed E-state index contributed by atoms with van der Waals surface area (Å²) in [4.78, 5) is 12.0. The summed E-state index contributed by atoms with van der Waals surface area (Å²) < 4.78 is 30.9. The summed E-state index contributed by atoms with van der Waals surface area (Å²) in [7, 11) is 0. The van der Waals surface area contributed by atoms with E-state index < -0.39 is 23.0 Å². The first-order chi connectivity index (χ1) is 14.0. The number of hydrogen-bond acceptors (Lipinski definition) is 1. The molecule has 0 amide bonds. The van der Waals surface area contributed by atoms with Crippen LogP contribution in [0.3, 0.4) is 0 Å². The van der Waals surface area contributed by atoms with Gasteiger partial charge in [-0.25, -0.2) is 8.78 Å². The van der Waals surface area contributed by atoms with Gasteiger partial charge in [-0.1, -0.05) is 53.9 Å². The van der Waals surface area contributed by atoms with Crippen molar-refractivity contribution in [2.24, 2.45) is 46.3 Å². The highest BCUT2D eigenvalue weighted by molar-refractivity contribution is 5.85. The van der Waals surface area contributed by atoms with Gasteiger partial charge in [0.2, 0.25) is 0 Å². The van der Waals surface area contributed by atoms with Crippen LogP contribution in [0.4, 0.5) is 8.78 Å². The molecule has 4 aliphatic carbocycles. The Morgan fingerprint density at radius 1 is 0.967 bits per heavy atom. The van der Waals surface area contributed by atoms with Gasteiger partial charge in [0.05, 0.1) is 0 Å². The van der Waals surface area contributed by atoms with Crippen LogP contribution < -0.4 is 0 Å². The number of alkyl halides is 2. The number of hydrogen-bond donors (Lipinski definition) is 0. The van der Waals surface area contributed by atoms with Crippen LogP contribution in [0.15, 0.2) is 0 Å². The maximum Gasteiger partial charge on any atom is 0.192 e. The topological polar surface area (TPSA) is 17.1 Å². The van der Waals surface area contributed by atoms with Crippen LogP contribution in [0.2, 0.25) is 0 Å². The van der Waals surface area contributed by atoms with E-state index in [4.69, 9.17) is 0 Å². The molecule has 0 saturated heterocycles. The fourth-order valence-corrected chi connectivity index (χ4v) is 9.05. The summed E-state index contributed by atoms with van der Waals surface area (Å²) >= 11 is 0. The smallest absolute Gasteiger partial charge is 0.192 e. The predicted octanol–water partition coefficient (Wildman–Crippen LogP) is 7.72. The van der Waals surface area contributed by atoms with Gasteiger partial charge in [-0.05, 0) is 85.9 Å². The highest BCUT2D eigenvalue weighted by Crippen LogP contribution is 2.70. The van der Waals surface area contributed by atoms with Crippen LogP contribution in [-0.4, -0.2) is 17.6 Å². The Balaban J connectivity index is 1.52. The zero-order valence-corrected chi connectivity index (χ0v) is 20.0. The molecule has 3 heteroatoms. The first-order valence-corrected chi connectivity index (χ1v) is 12.9. The molecule has 30 heavy (non-hydrogen) atoms. The Hall–Kier alpha value is -0.470. The van der Waals surface area contributed by atoms with Crippen molar-refractivity contribution in [2.45, 2.75) is 117 Å². The average Bonchev–Trinajstić information content (AvgIpc) is 3.04. The summed E-state index contributed by atoms with van der Waals surface area (Å²) in [6, 6.07) is 0. The molecule has 0 radical (unpaired) electrons. The van der Waals surface area contributed by atoms with Crippen molar-refractivity contribution in [3.05, 3.63) is 0 Å². The molecule has 0 aromatic rings. The second-order valence-corrected chi connectivity index (χ2v) is 12.6. The van der Waals surface area contributed by atoms with Crippen LogP contribution in [-0.2, 0) is 4.79 Å². The van der Waals surface area contributed by atoms with Gasteiger partial charge in [-0.3, -0.25) is 4.79 Å². The lowest BCUT2D eigenvalue weighted by Crippen LogP contribution is -2.65. The molecule has 9 atom stereocenters. The van der Waals surface area contributed by atoms with Crippen LogP contribution in [0.5, 0.6) is 0 Å². The third-order valence-corrected chi connectivity index (χ3v) is 10.8. The Morgan fingerprint density at radius 2 is 1.70 bits per heavy atom. The van der Waals surface area contributed by atoms with E-state index in [0.717, 1.165) is 37.0 Å².